The molecule has 0 spiro atoms. The lowest BCUT2D eigenvalue weighted by molar-refractivity contribution is -0.141. The van der Waals surface area contributed by atoms with Crippen LogP contribution in [-0.2, 0) is 9.53 Å². The number of carbonyl (C=O) groups is 1. The summed E-state index contributed by atoms with van der Waals surface area (Å²) in [6.45, 7) is 5.67. The fourth-order valence-corrected chi connectivity index (χ4v) is 7.29. The molecule has 3 fully saturated rings. The van der Waals surface area contributed by atoms with Gasteiger partial charge in [-0.15, -0.1) is 0 Å². The van der Waals surface area contributed by atoms with Gasteiger partial charge in [0.1, 0.15) is 0 Å². The SMILES string of the molecule is C=C(CO)C(=O)OCC(CO)CCC1CCC(C2CCC(/C=C/C3CCC(CCCC)CC3)CC2)CC1. The highest BCUT2D eigenvalue weighted by atomic mass is 16.5. The van der Waals surface area contributed by atoms with Crippen molar-refractivity contribution in [2.24, 2.45) is 41.4 Å². The van der Waals surface area contributed by atoms with Gasteiger partial charge in [0.25, 0.3) is 0 Å². The summed E-state index contributed by atoms with van der Waals surface area (Å²) >= 11 is 0. The molecule has 0 aromatic rings. The molecule has 0 aliphatic heterocycles. The van der Waals surface area contributed by atoms with Gasteiger partial charge in [-0.05, 0) is 113 Å². The number of aliphatic hydroxyl groups excluding tert-OH is 2. The molecule has 0 saturated heterocycles. The van der Waals surface area contributed by atoms with Crippen molar-refractivity contribution < 1.29 is 19.7 Å². The van der Waals surface area contributed by atoms with Crippen LogP contribution in [0.2, 0.25) is 0 Å². The molecule has 0 radical (unpaired) electrons. The molecule has 212 valence electrons. The number of unbranched alkanes of at least 4 members (excludes halogenated alkanes) is 1. The van der Waals surface area contributed by atoms with Crippen molar-refractivity contribution in [2.75, 3.05) is 19.8 Å². The smallest absolute Gasteiger partial charge is 0.335 e. The second-order valence-corrected chi connectivity index (χ2v) is 12.7. The maximum Gasteiger partial charge on any atom is 0.335 e. The Balaban J connectivity index is 1.27. The van der Waals surface area contributed by atoms with Gasteiger partial charge in [-0.25, -0.2) is 4.79 Å². The van der Waals surface area contributed by atoms with Crippen LogP contribution in [0.3, 0.4) is 0 Å². The molecule has 0 heterocycles. The zero-order valence-corrected chi connectivity index (χ0v) is 23.8. The van der Waals surface area contributed by atoms with Crippen molar-refractivity contribution in [3.63, 3.8) is 0 Å². The fourth-order valence-electron chi connectivity index (χ4n) is 7.29. The van der Waals surface area contributed by atoms with Gasteiger partial charge >= 0.3 is 5.97 Å². The third-order valence-corrected chi connectivity index (χ3v) is 10.1. The summed E-state index contributed by atoms with van der Waals surface area (Å²) in [7, 11) is 0. The Morgan fingerprint density at radius 2 is 1.35 bits per heavy atom. The number of carbonyl (C=O) groups excluding carboxylic acids is 1. The van der Waals surface area contributed by atoms with E-state index in [1.807, 2.05) is 0 Å². The lowest BCUT2D eigenvalue weighted by Gasteiger charge is -2.37. The molecular formula is C33H56O4. The van der Waals surface area contributed by atoms with E-state index in [9.17, 15) is 9.90 Å². The van der Waals surface area contributed by atoms with Crippen LogP contribution in [0.4, 0.5) is 0 Å². The third kappa shape index (κ3) is 10.5. The quantitative estimate of drug-likeness (QED) is 0.141. The van der Waals surface area contributed by atoms with Crippen LogP contribution in [0.5, 0.6) is 0 Å². The Labute approximate surface area is 227 Å². The van der Waals surface area contributed by atoms with E-state index in [1.54, 1.807) is 0 Å². The summed E-state index contributed by atoms with van der Waals surface area (Å²) in [4.78, 5) is 11.7. The number of ether oxygens (including phenoxy) is 1. The van der Waals surface area contributed by atoms with E-state index in [0.29, 0.717) is 0 Å². The predicted molar refractivity (Wildman–Crippen MR) is 152 cm³/mol. The maximum absolute atomic E-state index is 11.7. The minimum absolute atomic E-state index is 0.0207. The first kappa shape index (κ1) is 30.4. The number of rotatable bonds is 14. The van der Waals surface area contributed by atoms with E-state index in [1.165, 1.54) is 96.3 Å². The lowest BCUT2D eigenvalue weighted by Crippen LogP contribution is -2.26. The first-order valence-electron chi connectivity index (χ1n) is 15.8. The van der Waals surface area contributed by atoms with E-state index in [2.05, 4.69) is 25.7 Å². The second kappa shape index (κ2) is 16.7. The first-order chi connectivity index (χ1) is 18.0. The van der Waals surface area contributed by atoms with Gasteiger partial charge in [0.05, 0.1) is 18.8 Å². The molecule has 3 aliphatic rings. The predicted octanol–water partition coefficient (Wildman–Crippen LogP) is 7.63. The first-order valence-corrected chi connectivity index (χ1v) is 15.8. The normalized spacial score (nSPS) is 31.8. The molecule has 1 unspecified atom stereocenters. The summed E-state index contributed by atoms with van der Waals surface area (Å²) < 4.78 is 5.20. The molecule has 4 nitrogen and oxygen atoms in total. The van der Waals surface area contributed by atoms with Gasteiger partial charge in [0.2, 0.25) is 0 Å². The third-order valence-electron chi connectivity index (χ3n) is 10.1. The van der Waals surface area contributed by atoms with Gasteiger partial charge in [-0.3, -0.25) is 0 Å². The van der Waals surface area contributed by atoms with Crippen molar-refractivity contribution in [2.45, 2.75) is 116 Å². The standard InChI is InChI=1S/C33H56O4/c1-3-4-5-26-6-8-27(9-7-26)10-11-28-14-18-31(19-15-28)32-20-16-29(17-21-32)12-13-30(23-35)24-37-33(36)25(2)22-34/h10-11,26-32,34-35H,2-9,12-24H2,1H3/b11-10+. The summed E-state index contributed by atoms with van der Waals surface area (Å²) in [5.41, 5.74) is 0.0696. The highest BCUT2D eigenvalue weighted by Gasteiger charge is 2.31. The van der Waals surface area contributed by atoms with Gasteiger partial charge in [-0.2, -0.15) is 0 Å². The van der Waals surface area contributed by atoms with Gasteiger partial charge in [0.15, 0.2) is 0 Å². The maximum atomic E-state index is 11.7. The van der Waals surface area contributed by atoms with Crippen LogP contribution >= 0.6 is 0 Å². The second-order valence-electron chi connectivity index (χ2n) is 12.7. The molecule has 3 aliphatic carbocycles. The van der Waals surface area contributed by atoms with Crippen molar-refractivity contribution in [1.82, 2.24) is 0 Å². The minimum atomic E-state index is -0.559. The number of allylic oxidation sites excluding steroid dienone is 2. The molecule has 37 heavy (non-hydrogen) atoms. The molecule has 0 aromatic carbocycles. The van der Waals surface area contributed by atoms with Gasteiger partial charge in [0, 0.05) is 12.5 Å². The van der Waals surface area contributed by atoms with Crippen LogP contribution in [-0.4, -0.2) is 36.0 Å². The Morgan fingerprint density at radius 1 is 0.838 bits per heavy atom. The number of hydrogen-bond acceptors (Lipinski definition) is 4. The Morgan fingerprint density at radius 3 is 1.89 bits per heavy atom. The summed E-state index contributed by atoms with van der Waals surface area (Å²) in [5, 5.41) is 18.7. The topological polar surface area (TPSA) is 66.8 Å². The molecule has 4 heteroatoms. The highest BCUT2D eigenvalue weighted by Crippen LogP contribution is 2.43. The van der Waals surface area contributed by atoms with Crippen LogP contribution in [0.1, 0.15) is 116 Å². The zero-order chi connectivity index (χ0) is 26.5. The van der Waals surface area contributed by atoms with E-state index >= 15 is 0 Å². The Bertz CT molecular complexity index is 676. The van der Waals surface area contributed by atoms with Gasteiger partial charge < -0.3 is 14.9 Å². The highest BCUT2D eigenvalue weighted by molar-refractivity contribution is 5.87. The summed E-state index contributed by atoms with van der Waals surface area (Å²) in [6.07, 6.45) is 28.2. The van der Waals surface area contributed by atoms with E-state index in [0.717, 1.165) is 48.3 Å². The number of hydrogen-bond donors (Lipinski definition) is 2. The molecule has 0 amide bonds. The largest absolute Gasteiger partial charge is 0.462 e. The molecular weight excluding hydrogens is 460 g/mol. The van der Waals surface area contributed by atoms with Crippen molar-refractivity contribution in [1.29, 1.82) is 0 Å². The van der Waals surface area contributed by atoms with E-state index < -0.39 is 5.97 Å². The van der Waals surface area contributed by atoms with Crippen molar-refractivity contribution >= 4 is 5.97 Å². The van der Waals surface area contributed by atoms with Crippen molar-refractivity contribution in [3.8, 4) is 0 Å². The molecule has 0 aromatic heterocycles. The van der Waals surface area contributed by atoms with E-state index in [-0.39, 0.29) is 31.3 Å². The van der Waals surface area contributed by atoms with Crippen LogP contribution in [0.25, 0.3) is 0 Å². The average Bonchev–Trinajstić information content (AvgIpc) is 2.95. The van der Waals surface area contributed by atoms with E-state index in [4.69, 9.17) is 9.84 Å². The van der Waals surface area contributed by atoms with Crippen LogP contribution in [0.15, 0.2) is 24.3 Å². The monoisotopic (exact) mass is 516 g/mol. The lowest BCUT2D eigenvalue weighted by atomic mass is 9.68. The molecule has 0 bridgehead atoms. The average molecular weight is 517 g/mol. The molecule has 1 atom stereocenters. The van der Waals surface area contributed by atoms with Crippen LogP contribution in [0, 0.1) is 41.4 Å². The Hall–Kier alpha value is -1.13. The number of aliphatic hydroxyl groups is 2. The summed E-state index contributed by atoms with van der Waals surface area (Å²) in [5.74, 6) is 4.69. The Kier molecular flexibility index (Phi) is 13.8. The van der Waals surface area contributed by atoms with Gasteiger partial charge in [-0.1, -0.05) is 57.8 Å². The minimum Gasteiger partial charge on any atom is -0.462 e. The molecule has 2 N–H and O–H groups in total. The fraction of sp³-hybridized carbons (Fsp3) is 0.848. The van der Waals surface area contributed by atoms with Crippen LogP contribution < -0.4 is 0 Å². The summed E-state index contributed by atoms with van der Waals surface area (Å²) in [6, 6.07) is 0. The molecule has 3 rings (SSSR count). The van der Waals surface area contributed by atoms with Crippen molar-refractivity contribution in [3.05, 3.63) is 24.3 Å². The number of esters is 1. The zero-order valence-electron chi connectivity index (χ0n) is 23.8. The molecule has 3 saturated carbocycles.